The largest absolute Gasteiger partial charge is 0.457 e. The van der Waals surface area contributed by atoms with E-state index in [9.17, 15) is 9.59 Å². The molecule has 1 aromatic heterocycles. The minimum Gasteiger partial charge on any atom is -0.457 e. The highest BCUT2D eigenvalue weighted by Gasteiger charge is 2.12. The predicted molar refractivity (Wildman–Crippen MR) is 170 cm³/mol. The van der Waals surface area contributed by atoms with Gasteiger partial charge in [0.25, 0.3) is 5.91 Å². The van der Waals surface area contributed by atoms with Crippen molar-refractivity contribution in [3.63, 3.8) is 0 Å². The van der Waals surface area contributed by atoms with Gasteiger partial charge in [-0.2, -0.15) is 0 Å². The molecule has 0 aliphatic rings. The highest BCUT2D eigenvalue weighted by molar-refractivity contribution is 6.04. The summed E-state index contributed by atoms with van der Waals surface area (Å²) < 4.78 is 8.01. The monoisotopic (exact) mass is 577 g/mol. The first-order valence-electron chi connectivity index (χ1n) is 14.2. The predicted octanol–water partition coefficient (Wildman–Crippen LogP) is 6.29. The number of amides is 3. The van der Waals surface area contributed by atoms with E-state index in [0.29, 0.717) is 41.5 Å². The maximum atomic E-state index is 13.0. The fourth-order valence-electron chi connectivity index (χ4n) is 4.66. The van der Waals surface area contributed by atoms with E-state index in [1.807, 2.05) is 50.2 Å². The molecule has 9 heteroatoms. The second kappa shape index (κ2) is 13.7. The van der Waals surface area contributed by atoms with Gasteiger partial charge in [-0.05, 0) is 98.3 Å². The van der Waals surface area contributed by atoms with E-state index in [0.717, 1.165) is 22.2 Å². The lowest BCUT2D eigenvalue weighted by Crippen LogP contribution is -2.34. The summed E-state index contributed by atoms with van der Waals surface area (Å²) in [7, 11) is 0. The second-order valence-electron chi connectivity index (χ2n) is 10.3. The molecule has 9 nitrogen and oxygen atoms in total. The lowest BCUT2D eigenvalue weighted by Gasteiger charge is -2.11. The Morgan fingerprint density at radius 3 is 2.07 bits per heavy atom. The first-order chi connectivity index (χ1) is 20.9. The molecule has 3 amide bonds. The van der Waals surface area contributed by atoms with E-state index in [1.165, 1.54) is 0 Å². The summed E-state index contributed by atoms with van der Waals surface area (Å²) in [5.74, 6) is 1.03. The molecule has 0 unspecified atom stereocenters. The van der Waals surface area contributed by atoms with Crippen LogP contribution in [0.3, 0.4) is 0 Å². The highest BCUT2D eigenvalue weighted by atomic mass is 16.5. The number of hydrogen-bond donors (Lipinski definition) is 5. The third-order valence-corrected chi connectivity index (χ3v) is 6.69. The van der Waals surface area contributed by atoms with Crippen LogP contribution in [-0.4, -0.2) is 40.8 Å². The van der Waals surface area contributed by atoms with Gasteiger partial charge in [0.15, 0.2) is 0 Å². The molecule has 0 atom stereocenters. The molecule has 5 N–H and O–H groups in total. The zero-order valence-electron chi connectivity index (χ0n) is 24.1. The zero-order chi connectivity index (χ0) is 30.2. The van der Waals surface area contributed by atoms with Gasteiger partial charge in [-0.1, -0.05) is 18.2 Å². The lowest BCUT2D eigenvalue weighted by atomic mass is 10.1. The summed E-state index contributed by atoms with van der Waals surface area (Å²) in [4.78, 5) is 24.8. The SMILES string of the molecule is CC(C)NC(=O)Nc1ccc(Oc2ccc(NC(=O)c3ccc(-n4cc(CNCCO)c5ccccc54)cc3)cc2)cc1. The molecule has 0 spiro atoms. The van der Waals surface area contributed by atoms with Gasteiger partial charge in [-0.3, -0.25) is 4.79 Å². The molecule has 220 valence electrons. The van der Waals surface area contributed by atoms with Crippen LogP contribution in [0.2, 0.25) is 0 Å². The van der Waals surface area contributed by atoms with Gasteiger partial charge in [0, 0.05) is 53.3 Å². The number of aromatic nitrogens is 1. The van der Waals surface area contributed by atoms with Crippen LogP contribution in [0.1, 0.15) is 29.8 Å². The van der Waals surface area contributed by atoms with Crippen molar-refractivity contribution in [2.24, 2.45) is 0 Å². The van der Waals surface area contributed by atoms with Gasteiger partial charge in [0.05, 0.1) is 12.1 Å². The number of anilines is 2. The Morgan fingerprint density at radius 2 is 1.44 bits per heavy atom. The van der Waals surface area contributed by atoms with Gasteiger partial charge < -0.3 is 35.7 Å². The maximum absolute atomic E-state index is 13.0. The normalized spacial score (nSPS) is 11.0. The second-order valence-corrected chi connectivity index (χ2v) is 10.3. The van der Waals surface area contributed by atoms with Crippen molar-refractivity contribution < 1.29 is 19.4 Å². The van der Waals surface area contributed by atoms with Gasteiger partial charge in [-0.25, -0.2) is 4.79 Å². The van der Waals surface area contributed by atoms with Gasteiger partial charge in [0.2, 0.25) is 0 Å². The molecular weight excluding hydrogens is 542 g/mol. The average molecular weight is 578 g/mol. The van der Waals surface area contributed by atoms with Gasteiger partial charge >= 0.3 is 6.03 Å². The molecule has 0 radical (unpaired) electrons. The molecule has 0 fully saturated rings. The Bertz CT molecular complexity index is 1680. The topological polar surface area (TPSA) is 117 Å². The van der Waals surface area contributed by atoms with E-state index >= 15 is 0 Å². The molecule has 4 aromatic carbocycles. The van der Waals surface area contributed by atoms with Crippen LogP contribution in [0.15, 0.2) is 103 Å². The summed E-state index contributed by atoms with van der Waals surface area (Å²) >= 11 is 0. The van der Waals surface area contributed by atoms with Crippen molar-refractivity contribution in [3.05, 3.63) is 114 Å². The van der Waals surface area contributed by atoms with E-state index in [-0.39, 0.29) is 24.6 Å². The van der Waals surface area contributed by atoms with E-state index in [1.54, 1.807) is 48.5 Å². The van der Waals surface area contributed by atoms with Gasteiger partial charge in [-0.15, -0.1) is 0 Å². The fraction of sp³-hybridized carbons (Fsp3) is 0.176. The lowest BCUT2D eigenvalue weighted by molar-refractivity contribution is 0.102. The van der Waals surface area contributed by atoms with E-state index in [4.69, 9.17) is 9.84 Å². The first-order valence-corrected chi connectivity index (χ1v) is 14.2. The number of ether oxygens (including phenoxy) is 1. The fourth-order valence-corrected chi connectivity index (χ4v) is 4.66. The zero-order valence-corrected chi connectivity index (χ0v) is 24.1. The van der Waals surface area contributed by atoms with Crippen molar-refractivity contribution in [3.8, 4) is 17.2 Å². The molecule has 0 saturated heterocycles. The van der Waals surface area contributed by atoms with Crippen molar-refractivity contribution in [1.29, 1.82) is 0 Å². The van der Waals surface area contributed by atoms with E-state index in [2.05, 4.69) is 44.2 Å². The third-order valence-electron chi connectivity index (χ3n) is 6.69. The van der Waals surface area contributed by atoms with Crippen LogP contribution in [-0.2, 0) is 6.54 Å². The third kappa shape index (κ3) is 7.59. The minimum absolute atomic E-state index is 0.0489. The van der Waals surface area contributed by atoms with Crippen LogP contribution < -0.4 is 26.0 Å². The summed E-state index contributed by atoms with van der Waals surface area (Å²) in [5.41, 5.74) is 5.01. The minimum atomic E-state index is -0.260. The number of aliphatic hydroxyl groups is 1. The maximum Gasteiger partial charge on any atom is 0.319 e. The number of urea groups is 1. The van der Waals surface area contributed by atoms with Gasteiger partial charge in [0.1, 0.15) is 11.5 Å². The van der Waals surface area contributed by atoms with E-state index < -0.39 is 0 Å². The Kier molecular flexibility index (Phi) is 9.36. The number of aliphatic hydroxyl groups excluding tert-OH is 1. The molecule has 5 aromatic rings. The number of nitrogens with one attached hydrogen (secondary N) is 4. The quantitative estimate of drug-likeness (QED) is 0.118. The summed E-state index contributed by atoms with van der Waals surface area (Å²) in [5, 5.41) is 22.0. The van der Waals surface area contributed by atoms with Crippen LogP contribution in [0.25, 0.3) is 16.6 Å². The first kappa shape index (κ1) is 29.4. The Labute approximate surface area is 250 Å². The molecular formula is C34H35N5O4. The Hall–Kier alpha value is -5.12. The smallest absolute Gasteiger partial charge is 0.319 e. The molecule has 43 heavy (non-hydrogen) atoms. The average Bonchev–Trinajstić information content (AvgIpc) is 3.37. The molecule has 0 bridgehead atoms. The van der Waals surface area contributed by atoms with Crippen molar-refractivity contribution in [1.82, 2.24) is 15.2 Å². The molecule has 0 saturated carbocycles. The number of carbonyl (C=O) groups excluding carboxylic acids is 2. The standard InChI is InChI=1S/C34H35N5O4/c1-23(2)36-34(42)38-27-11-17-30(18-12-27)43-29-15-9-26(10-16-29)37-33(41)24-7-13-28(14-8-24)39-22-25(21-35-19-20-40)31-5-3-4-6-32(31)39/h3-18,22-23,35,40H,19-21H2,1-2H3,(H,37,41)(H2,36,38,42). The summed E-state index contributed by atoms with van der Waals surface area (Å²) in [6.45, 7) is 5.07. The molecule has 0 aliphatic heterocycles. The number of benzene rings is 4. The van der Waals surface area contributed by atoms with Crippen LogP contribution in [0.5, 0.6) is 11.5 Å². The van der Waals surface area contributed by atoms with Crippen LogP contribution in [0.4, 0.5) is 16.2 Å². The van der Waals surface area contributed by atoms with Crippen LogP contribution in [0, 0.1) is 0 Å². The number of rotatable bonds is 11. The summed E-state index contributed by atoms with van der Waals surface area (Å²) in [6, 6.07) is 29.7. The Balaban J connectivity index is 1.19. The molecule has 1 heterocycles. The Morgan fingerprint density at radius 1 is 0.814 bits per heavy atom. The number of hydrogen-bond acceptors (Lipinski definition) is 5. The number of nitrogens with zero attached hydrogens (tertiary/aromatic N) is 1. The number of fused-ring (bicyclic) bond motifs is 1. The highest BCUT2D eigenvalue weighted by Crippen LogP contribution is 2.27. The number of carbonyl (C=O) groups is 2. The number of para-hydroxylation sites is 1. The van der Waals surface area contributed by atoms with Crippen molar-refractivity contribution >= 4 is 34.2 Å². The van der Waals surface area contributed by atoms with Crippen LogP contribution >= 0.6 is 0 Å². The summed E-state index contributed by atoms with van der Waals surface area (Å²) in [6.07, 6.45) is 2.09. The van der Waals surface area contributed by atoms with Crippen molar-refractivity contribution in [2.45, 2.75) is 26.4 Å². The molecule has 5 rings (SSSR count). The molecule has 0 aliphatic carbocycles. The van der Waals surface area contributed by atoms with Crippen molar-refractivity contribution in [2.75, 3.05) is 23.8 Å².